The molecule has 8 nitrogen and oxygen atoms in total. The molecule has 0 amide bonds. The molecule has 0 aliphatic carbocycles. The van der Waals surface area contributed by atoms with Gasteiger partial charge in [0.25, 0.3) is 10.0 Å². The van der Waals surface area contributed by atoms with Crippen LogP contribution in [0.15, 0.2) is 41.3 Å². The average molecular weight is 372 g/mol. The maximum Gasteiger partial charge on any atom is 0.257 e. The van der Waals surface area contributed by atoms with Gasteiger partial charge in [-0.05, 0) is 12.1 Å². The molecule has 24 heavy (non-hydrogen) atoms. The monoisotopic (exact) mass is 372 g/mol. The molecular weight excluding hydrogens is 352 g/mol. The van der Waals surface area contributed by atoms with Gasteiger partial charge in [0.05, 0.1) is 4.90 Å². The van der Waals surface area contributed by atoms with Crippen LogP contribution in [0.4, 0.5) is 5.69 Å². The SMILES string of the molecule is CN(C)c1cccc2c(S(=O)(=O)N(CCN)NS(=O)O)cccc12. The Kier molecular flexibility index (Phi) is 5.91. The highest BCUT2D eigenvalue weighted by Crippen LogP contribution is 2.31. The highest BCUT2D eigenvalue weighted by atomic mass is 32.2. The third-order valence-electron chi connectivity index (χ3n) is 3.42. The third kappa shape index (κ3) is 3.74. The van der Waals surface area contributed by atoms with Crippen molar-refractivity contribution < 1.29 is 17.2 Å². The Morgan fingerprint density at radius 1 is 1.17 bits per heavy atom. The van der Waals surface area contributed by atoms with E-state index in [0.29, 0.717) is 9.80 Å². The summed E-state index contributed by atoms with van der Waals surface area (Å²) in [7, 11) is -0.320. The minimum Gasteiger partial charge on any atom is -0.377 e. The Labute approximate surface area is 143 Å². The van der Waals surface area contributed by atoms with E-state index in [0.717, 1.165) is 11.1 Å². The van der Waals surface area contributed by atoms with E-state index in [9.17, 15) is 12.6 Å². The fourth-order valence-electron chi connectivity index (χ4n) is 2.42. The molecule has 0 aliphatic rings. The fraction of sp³-hybridized carbons (Fsp3) is 0.286. The number of nitrogens with zero attached hydrogens (tertiary/aromatic N) is 2. The van der Waals surface area contributed by atoms with Crippen LogP contribution in [0.2, 0.25) is 0 Å². The predicted molar refractivity (Wildman–Crippen MR) is 95.1 cm³/mol. The largest absolute Gasteiger partial charge is 0.377 e. The van der Waals surface area contributed by atoms with Gasteiger partial charge < -0.3 is 10.6 Å². The van der Waals surface area contributed by atoms with Gasteiger partial charge in [-0.25, -0.2) is 12.6 Å². The summed E-state index contributed by atoms with van der Waals surface area (Å²) >= 11 is -2.53. The molecule has 10 heteroatoms. The van der Waals surface area contributed by atoms with Gasteiger partial charge in [0.15, 0.2) is 0 Å². The molecule has 4 N–H and O–H groups in total. The van der Waals surface area contributed by atoms with Crippen LogP contribution in [0.5, 0.6) is 0 Å². The molecule has 2 aromatic carbocycles. The topological polar surface area (TPSA) is 116 Å². The van der Waals surface area contributed by atoms with Gasteiger partial charge in [-0.1, -0.05) is 24.3 Å². The summed E-state index contributed by atoms with van der Waals surface area (Å²) in [6.07, 6.45) is 0. The summed E-state index contributed by atoms with van der Waals surface area (Å²) in [5, 5.41) is 1.29. The van der Waals surface area contributed by atoms with Gasteiger partial charge in [0.1, 0.15) is 0 Å². The molecule has 0 radical (unpaired) electrons. The van der Waals surface area contributed by atoms with Crippen molar-refractivity contribution in [3.8, 4) is 0 Å². The van der Waals surface area contributed by atoms with Gasteiger partial charge in [-0.15, -0.1) is 9.25 Å². The van der Waals surface area contributed by atoms with Gasteiger partial charge in [0.2, 0.25) is 11.3 Å². The van der Waals surface area contributed by atoms with Crippen LogP contribution in [0.3, 0.4) is 0 Å². The van der Waals surface area contributed by atoms with Crippen molar-refractivity contribution in [2.24, 2.45) is 5.73 Å². The lowest BCUT2D eigenvalue weighted by atomic mass is 10.1. The number of benzene rings is 2. The van der Waals surface area contributed by atoms with Gasteiger partial charge in [-0.2, -0.15) is 0 Å². The van der Waals surface area contributed by atoms with Gasteiger partial charge >= 0.3 is 0 Å². The summed E-state index contributed by atoms with van der Waals surface area (Å²) in [5.74, 6) is 0. The number of rotatable bonds is 7. The van der Waals surface area contributed by atoms with E-state index in [4.69, 9.17) is 10.3 Å². The molecule has 0 fully saturated rings. The van der Waals surface area contributed by atoms with Crippen LogP contribution in [0.1, 0.15) is 0 Å². The number of nitrogens with two attached hydrogens (primary N) is 1. The molecule has 1 atom stereocenters. The maximum absolute atomic E-state index is 12.9. The Morgan fingerprint density at radius 3 is 2.38 bits per heavy atom. The number of nitrogens with one attached hydrogen (secondary N) is 1. The highest BCUT2D eigenvalue weighted by Gasteiger charge is 2.27. The Bertz CT molecular complexity index is 855. The fourth-order valence-corrected chi connectivity index (χ4v) is 4.56. The number of anilines is 1. The highest BCUT2D eigenvalue weighted by molar-refractivity contribution is 7.90. The van der Waals surface area contributed by atoms with Crippen LogP contribution >= 0.6 is 0 Å². The van der Waals surface area contributed by atoms with Crippen molar-refractivity contribution in [3.05, 3.63) is 36.4 Å². The molecule has 0 spiro atoms. The predicted octanol–water partition coefficient (Wildman–Crippen LogP) is 0.497. The minimum absolute atomic E-state index is 0.00283. The number of hydrogen-bond acceptors (Lipinski definition) is 5. The first-order valence-electron chi connectivity index (χ1n) is 7.08. The average Bonchev–Trinajstić information content (AvgIpc) is 2.52. The van der Waals surface area contributed by atoms with Crippen molar-refractivity contribution in [1.82, 2.24) is 9.25 Å². The van der Waals surface area contributed by atoms with E-state index in [-0.39, 0.29) is 18.0 Å². The van der Waals surface area contributed by atoms with Crippen molar-refractivity contribution in [1.29, 1.82) is 0 Å². The molecule has 0 saturated heterocycles. The summed E-state index contributed by atoms with van der Waals surface area (Å²) in [5.41, 5.74) is 6.29. The smallest absolute Gasteiger partial charge is 0.257 e. The Hall–Kier alpha value is -1.56. The summed E-state index contributed by atoms with van der Waals surface area (Å²) in [6.45, 7) is -0.143. The van der Waals surface area contributed by atoms with Crippen molar-refractivity contribution in [2.75, 3.05) is 32.1 Å². The summed E-state index contributed by atoms with van der Waals surface area (Å²) < 4.78 is 46.5. The second kappa shape index (κ2) is 7.55. The number of sulfonamides is 1. The third-order valence-corrected chi connectivity index (χ3v) is 5.68. The number of hydrazine groups is 1. The zero-order chi connectivity index (χ0) is 17.9. The van der Waals surface area contributed by atoms with E-state index in [1.54, 1.807) is 18.2 Å². The number of hydrogen-bond donors (Lipinski definition) is 3. The lowest BCUT2D eigenvalue weighted by Crippen LogP contribution is -2.46. The van der Waals surface area contributed by atoms with Crippen LogP contribution < -0.4 is 15.5 Å². The lowest BCUT2D eigenvalue weighted by molar-refractivity contribution is 0.378. The zero-order valence-corrected chi connectivity index (χ0v) is 15.0. The Balaban J connectivity index is 2.66. The molecule has 0 saturated carbocycles. The molecule has 0 bridgehead atoms. The molecule has 2 aromatic rings. The van der Waals surface area contributed by atoms with Gasteiger partial charge in [0, 0.05) is 43.6 Å². The zero-order valence-electron chi connectivity index (χ0n) is 13.3. The Morgan fingerprint density at radius 2 is 1.79 bits per heavy atom. The first-order valence-corrected chi connectivity index (χ1v) is 9.62. The molecule has 132 valence electrons. The van der Waals surface area contributed by atoms with Crippen LogP contribution in [0, 0.1) is 0 Å². The van der Waals surface area contributed by atoms with E-state index < -0.39 is 21.3 Å². The van der Waals surface area contributed by atoms with E-state index in [2.05, 4.69) is 0 Å². The minimum atomic E-state index is -4.06. The van der Waals surface area contributed by atoms with Crippen molar-refractivity contribution >= 4 is 37.7 Å². The summed E-state index contributed by atoms with van der Waals surface area (Å²) in [6, 6.07) is 10.3. The summed E-state index contributed by atoms with van der Waals surface area (Å²) in [4.78, 5) is 3.93. The second-order valence-electron chi connectivity index (χ2n) is 5.23. The van der Waals surface area contributed by atoms with Crippen molar-refractivity contribution in [3.63, 3.8) is 0 Å². The van der Waals surface area contributed by atoms with Gasteiger partial charge in [-0.3, -0.25) is 4.55 Å². The second-order valence-corrected chi connectivity index (χ2v) is 7.74. The van der Waals surface area contributed by atoms with Crippen LogP contribution in [0.25, 0.3) is 10.8 Å². The van der Waals surface area contributed by atoms with E-state index in [1.165, 1.54) is 6.07 Å². The first-order chi connectivity index (χ1) is 11.3. The van der Waals surface area contributed by atoms with Crippen LogP contribution in [-0.4, -0.2) is 48.8 Å². The molecule has 1 unspecified atom stereocenters. The normalized spacial score (nSPS) is 13.4. The lowest BCUT2D eigenvalue weighted by Gasteiger charge is -2.22. The molecule has 0 heterocycles. The molecule has 2 rings (SSSR count). The maximum atomic E-state index is 12.9. The van der Waals surface area contributed by atoms with E-state index >= 15 is 0 Å². The quantitative estimate of drug-likeness (QED) is 0.481. The first kappa shape index (κ1) is 18.8. The number of fused-ring (bicyclic) bond motifs is 1. The standard InChI is InChI=1S/C14H20N4O4S2/c1-17(2)13-7-3-6-12-11(13)5-4-8-14(12)24(21,22)18(10-9-15)16-23(19)20/h3-8,16H,9-10,15H2,1-2H3,(H,19,20). The molecular formula is C14H20N4O4S2. The van der Waals surface area contributed by atoms with Crippen molar-refractivity contribution in [2.45, 2.75) is 4.90 Å². The van der Waals surface area contributed by atoms with Crippen LogP contribution in [-0.2, 0) is 21.3 Å². The molecule has 0 aromatic heterocycles. The molecule has 0 aliphatic heterocycles. The van der Waals surface area contributed by atoms with E-state index in [1.807, 2.05) is 36.0 Å².